The molecule has 0 aromatic carbocycles. The lowest BCUT2D eigenvalue weighted by atomic mass is 10.0. The fraction of sp³-hybridized carbons (Fsp3) is 0.348. The van der Waals surface area contributed by atoms with E-state index in [2.05, 4.69) is 25.3 Å². The highest BCUT2D eigenvalue weighted by Gasteiger charge is 2.47. The van der Waals surface area contributed by atoms with Gasteiger partial charge in [0.15, 0.2) is 5.82 Å². The summed E-state index contributed by atoms with van der Waals surface area (Å²) in [5.41, 5.74) is 2.90. The van der Waals surface area contributed by atoms with Crippen molar-refractivity contribution in [3.8, 4) is 11.5 Å². The molecule has 3 aromatic heterocycles. The predicted octanol–water partition coefficient (Wildman–Crippen LogP) is 3.92. The molecule has 1 amide bonds. The van der Waals surface area contributed by atoms with Crippen molar-refractivity contribution < 1.29 is 4.79 Å². The van der Waals surface area contributed by atoms with Gasteiger partial charge < -0.3 is 10.2 Å². The summed E-state index contributed by atoms with van der Waals surface area (Å²) in [6.07, 6.45) is 7.10. The number of carbonyl (C=O) groups excluding carboxylic acids is 1. The topological polar surface area (TPSA) is 83.9 Å². The van der Waals surface area contributed by atoms with E-state index < -0.39 is 0 Å². The Kier molecular flexibility index (Phi) is 5.06. The Labute approximate surface area is 185 Å². The highest BCUT2D eigenvalue weighted by atomic mass is 35.5. The molecule has 1 aliphatic carbocycles. The van der Waals surface area contributed by atoms with E-state index >= 15 is 0 Å². The van der Waals surface area contributed by atoms with Crippen molar-refractivity contribution in [1.29, 1.82) is 0 Å². The summed E-state index contributed by atoms with van der Waals surface area (Å²) in [5, 5.41) is 4.09. The van der Waals surface area contributed by atoms with Crippen LogP contribution in [0.15, 0.2) is 42.9 Å². The Morgan fingerprint density at radius 2 is 1.97 bits per heavy atom. The van der Waals surface area contributed by atoms with Gasteiger partial charge in [-0.15, -0.1) is 0 Å². The minimum atomic E-state index is -0.0306. The Morgan fingerprint density at radius 1 is 1.16 bits per heavy atom. The zero-order valence-electron chi connectivity index (χ0n) is 17.4. The molecule has 1 saturated heterocycles. The summed E-state index contributed by atoms with van der Waals surface area (Å²) < 4.78 is 0. The maximum Gasteiger partial charge on any atom is 0.256 e. The van der Waals surface area contributed by atoms with E-state index in [1.54, 1.807) is 24.7 Å². The van der Waals surface area contributed by atoms with Gasteiger partial charge in [0.2, 0.25) is 0 Å². The van der Waals surface area contributed by atoms with Crippen LogP contribution in [0, 0.1) is 19.8 Å². The minimum absolute atomic E-state index is 0.0306. The lowest BCUT2D eigenvalue weighted by Crippen LogP contribution is -2.48. The molecule has 158 valence electrons. The van der Waals surface area contributed by atoms with Crippen LogP contribution in [0.3, 0.4) is 0 Å². The molecule has 0 spiro atoms. The van der Waals surface area contributed by atoms with Crippen LogP contribution in [0.2, 0.25) is 5.02 Å². The van der Waals surface area contributed by atoms with Crippen molar-refractivity contribution in [1.82, 2.24) is 24.8 Å². The van der Waals surface area contributed by atoms with Crippen molar-refractivity contribution in [2.24, 2.45) is 5.92 Å². The molecule has 3 atom stereocenters. The number of hydrogen-bond donors (Lipinski definition) is 1. The number of likely N-dealkylation sites (tertiary alicyclic amines) is 1. The first-order chi connectivity index (χ1) is 15.0. The van der Waals surface area contributed by atoms with E-state index in [-0.39, 0.29) is 18.0 Å². The molecule has 5 rings (SSSR count). The fourth-order valence-corrected chi connectivity index (χ4v) is 4.98. The number of hydrogen-bond acceptors (Lipinski definition) is 6. The molecule has 3 aromatic rings. The number of pyridine rings is 2. The lowest BCUT2D eigenvalue weighted by molar-refractivity contribution is 0.0692. The third-order valence-electron chi connectivity index (χ3n) is 6.09. The summed E-state index contributed by atoms with van der Waals surface area (Å²) in [7, 11) is 0. The van der Waals surface area contributed by atoms with E-state index in [9.17, 15) is 4.79 Å². The average molecular weight is 435 g/mol. The summed E-state index contributed by atoms with van der Waals surface area (Å²) in [5.74, 6) is 1.57. The molecular weight excluding hydrogens is 412 g/mol. The molecule has 8 heteroatoms. The second kappa shape index (κ2) is 7.89. The predicted molar refractivity (Wildman–Crippen MR) is 119 cm³/mol. The third kappa shape index (κ3) is 3.74. The van der Waals surface area contributed by atoms with E-state index in [0.717, 1.165) is 30.6 Å². The lowest BCUT2D eigenvalue weighted by Gasteiger charge is -2.34. The molecule has 2 aliphatic rings. The molecule has 31 heavy (non-hydrogen) atoms. The maximum absolute atomic E-state index is 13.6. The molecule has 3 unspecified atom stereocenters. The standard InChI is InChI=1S/C23H23ClN6O/c1-13-8-17(24)21(27-11-13)29-18-9-15-10-19(18)30(12-15)23(31)16-5-4-14(2)28-20(16)22-25-6-3-7-26-22/h3-8,11,15,18-19H,9-10,12H2,1-2H3,(H,27,29). The Bertz CT molecular complexity index is 1140. The van der Waals surface area contributed by atoms with Crippen LogP contribution in [-0.4, -0.2) is 49.4 Å². The van der Waals surface area contributed by atoms with Gasteiger partial charge in [0.1, 0.15) is 11.5 Å². The number of amides is 1. The summed E-state index contributed by atoms with van der Waals surface area (Å²) in [6.45, 7) is 4.61. The molecule has 1 aliphatic heterocycles. The second-order valence-electron chi connectivity index (χ2n) is 8.38. The van der Waals surface area contributed by atoms with Crippen molar-refractivity contribution in [2.45, 2.75) is 38.8 Å². The van der Waals surface area contributed by atoms with Crippen molar-refractivity contribution in [3.05, 3.63) is 64.7 Å². The quantitative estimate of drug-likeness (QED) is 0.670. The smallest absolute Gasteiger partial charge is 0.256 e. The molecule has 4 heterocycles. The number of anilines is 1. The number of carbonyl (C=O) groups is 1. The van der Waals surface area contributed by atoms with Crippen LogP contribution in [0.25, 0.3) is 11.5 Å². The molecule has 1 N–H and O–H groups in total. The van der Waals surface area contributed by atoms with Crippen LogP contribution in [0.5, 0.6) is 0 Å². The fourth-order valence-electron chi connectivity index (χ4n) is 4.71. The normalized spacial score (nSPS) is 22.0. The molecular formula is C23H23ClN6O. The average Bonchev–Trinajstić information content (AvgIpc) is 3.36. The van der Waals surface area contributed by atoms with Gasteiger partial charge in [-0.25, -0.2) is 19.9 Å². The first-order valence-electron chi connectivity index (χ1n) is 10.4. The Morgan fingerprint density at radius 3 is 2.71 bits per heavy atom. The number of nitrogens with one attached hydrogen (secondary N) is 1. The van der Waals surface area contributed by atoms with Gasteiger partial charge in [0.05, 0.1) is 16.6 Å². The summed E-state index contributed by atoms with van der Waals surface area (Å²) in [4.78, 5) is 33.2. The Balaban J connectivity index is 1.42. The molecule has 7 nitrogen and oxygen atoms in total. The van der Waals surface area contributed by atoms with Gasteiger partial charge >= 0.3 is 0 Å². The van der Waals surface area contributed by atoms with Crippen LogP contribution in [-0.2, 0) is 0 Å². The van der Waals surface area contributed by atoms with Crippen LogP contribution < -0.4 is 5.32 Å². The van der Waals surface area contributed by atoms with Gasteiger partial charge in [-0.05, 0) is 62.4 Å². The van der Waals surface area contributed by atoms with Crippen molar-refractivity contribution in [3.63, 3.8) is 0 Å². The zero-order valence-corrected chi connectivity index (χ0v) is 18.2. The van der Waals surface area contributed by atoms with Crippen molar-refractivity contribution in [2.75, 3.05) is 11.9 Å². The summed E-state index contributed by atoms with van der Waals surface area (Å²) >= 11 is 6.38. The van der Waals surface area contributed by atoms with E-state index in [1.807, 2.05) is 36.9 Å². The van der Waals surface area contributed by atoms with Gasteiger partial charge in [-0.2, -0.15) is 0 Å². The molecule has 1 saturated carbocycles. The number of rotatable bonds is 4. The maximum atomic E-state index is 13.6. The molecule has 2 fully saturated rings. The first-order valence-corrected chi connectivity index (χ1v) is 10.8. The van der Waals surface area contributed by atoms with Gasteiger partial charge in [0.25, 0.3) is 5.91 Å². The third-order valence-corrected chi connectivity index (χ3v) is 6.37. The monoisotopic (exact) mass is 434 g/mol. The highest BCUT2D eigenvalue weighted by Crippen LogP contribution is 2.41. The first kappa shape index (κ1) is 19.9. The SMILES string of the molecule is Cc1cnc(NC2CC3CC2N(C(=O)c2ccc(C)nc2-c2ncccn2)C3)c(Cl)c1. The largest absolute Gasteiger partial charge is 0.364 e. The molecule has 2 bridgehead atoms. The molecule has 0 radical (unpaired) electrons. The number of piperidine rings is 1. The van der Waals surface area contributed by atoms with Gasteiger partial charge in [-0.3, -0.25) is 4.79 Å². The van der Waals surface area contributed by atoms with Crippen LogP contribution in [0.1, 0.15) is 34.5 Å². The van der Waals surface area contributed by atoms with E-state index in [0.29, 0.717) is 33.8 Å². The number of nitrogens with zero attached hydrogens (tertiary/aromatic N) is 5. The van der Waals surface area contributed by atoms with E-state index in [4.69, 9.17) is 11.6 Å². The van der Waals surface area contributed by atoms with Gasteiger partial charge in [-0.1, -0.05) is 11.6 Å². The number of fused-ring (bicyclic) bond motifs is 2. The van der Waals surface area contributed by atoms with Crippen LogP contribution >= 0.6 is 11.6 Å². The van der Waals surface area contributed by atoms with E-state index in [1.165, 1.54) is 0 Å². The summed E-state index contributed by atoms with van der Waals surface area (Å²) in [6, 6.07) is 7.55. The second-order valence-corrected chi connectivity index (χ2v) is 8.78. The Hall–Kier alpha value is -3.06. The van der Waals surface area contributed by atoms with Crippen molar-refractivity contribution >= 4 is 23.3 Å². The number of aromatic nitrogens is 4. The number of aryl methyl sites for hydroxylation is 2. The van der Waals surface area contributed by atoms with Crippen LogP contribution in [0.4, 0.5) is 5.82 Å². The number of halogens is 1. The zero-order chi connectivity index (χ0) is 21.5. The van der Waals surface area contributed by atoms with Gasteiger partial charge in [0, 0.05) is 36.9 Å². The minimum Gasteiger partial charge on any atom is -0.364 e. The highest BCUT2D eigenvalue weighted by molar-refractivity contribution is 6.33.